The van der Waals surface area contributed by atoms with Crippen LogP contribution in [-0.4, -0.2) is 19.1 Å². The number of H-pyrrole nitrogens is 1. The van der Waals surface area contributed by atoms with Crippen molar-refractivity contribution in [3.8, 4) is 0 Å². The summed E-state index contributed by atoms with van der Waals surface area (Å²) in [6, 6.07) is 0. The number of hydrogen-bond acceptors (Lipinski definition) is 4. The Balaban J connectivity index is 2.88. The Morgan fingerprint density at radius 3 is 2.65 bits per heavy atom. The molecule has 0 saturated heterocycles. The number of aryl methyl sites for hydroxylation is 1. The molecule has 2 aromatic heterocycles. The maximum Gasteiger partial charge on any atom is 0.330 e. The van der Waals surface area contributed by atoms with Crippen LogP contribution >= 0.6 is 0 Å². The highest BCUT2D eigenvalue weighted by molar-refractivity contribution is 5.73. The molecule has 2 aromatic rings. The molecule has 0 spiro atoms. The van der Waals surface area contributed by atoms with Gasteiger partial charge in [0.05, 0.1) is 0 Å². The molecule has 3 N–H and O–H groups in total. The van der Waals surface area contributed by atoms with E-state index in [1.807, 2.05) is 13.8 Å². The zero-order chi connectivity index (χ0) is 12.7. The first-order valence-electron chi connectivity index (χ1n) is 5.36. The van der Waals surface area contributed by atoms with Gasteiger partial charge in [0.25, 0.3) is 5.56 Å². The molecule has 0 radical (unpaired) electrons. The van der Waals surface area contributed by atoms with Gasteiger partial charge in [0.2, 0.25) is 5.95 Å². The van der Waals surface area contributed by atoms with Crippen molar-refractivity contribution >= 4 is 17.1 Å². The molecule has 17 heavy (non-hydrogen) atoms. The summed E-state index contributed by atoms with van der Waals surface area (Å²) in [5, 5.41) is 0. The van der Waals surface area contributed by atoms with Gasteiger partial charge in [-0.15, -0.1) is 0 Å². The highest BCUT2D eigenvalue weighted by atomic mass is 16.2. The van der Waals surface area contributed by atoms with Gasteiger partial charge in [-0.3, -0.25) is 14.3 Å². The van der Waals surface area contributed by atoms with Crippen LogP contribution in [0.3, 0.4) is 0 Å². The molecule has 0 unspecified atom stereocenters. The van der Waals surface area contributed by atoms with Crippen molar-refractivity contribution < 1.29 is 0 Å². The summed E-state index contributed by atoms with van der Waals surface area (Å²) in [4.78, 5) is 29.8. The van der Waals surface area contributed by atoms with Crippen LogP contribution < -0.4 is 17.0 Å². The van der Waals surface area contributed by atoms with Gasteiger partial charge in [-0.25, -0.2) is 4.79 Å². The van der Waals surface area contributed by atoms with E-state index in [-0.39, 0.29) is 11.9 Å². The van der Waals surface area contributed by atoms with Crippen LogP contribution in [-0.2, 0) is 13.6 Å². The molecule has 92 valence electrons. The molecule has 0 aliphatic carbocycles. The Bertz CT molecular complexity index is 676. The molecular weight excluding hydrogens is 222 g/mol. The number of nitrogens with two attached hydrogens (primary N) is 1. The third kappa shape index (κ3) is 1.73. The summed E-state index contributed by atoms with van der Waals surface area (Å²) in [7, 11) is 1.64. The molecular formula is C10H15N5O2. The number of aromatic amines is 1. The first-order valence-corrected chi connectivity index (χ1v) is 5.36. The van der Waals surface area contributed by atoms with Crippen molar-refractivity contribution in [1.29, 1.82) is 0 Å². The molecule has 0 bridgehead atoms. The van der Waals surface area contributed by atoms with Gasteiger partial charge < -0.3 is 10.3 Å². The van der Waals surface area contributed by atoms with Crippen LogP contribution in [0, 0.1) is 5.92 Å². The molecule has 0 fully saturated rings. The van der Waals surface area contributed by atoms with Crippen LogP contribution in [0.25, 0.3) is 11.2 Å². The first-order chi connectivity index (χ1) is 7.91. The standard InChI is InChI=1S/C10H15N5O2/c1-5(2)4-15-7-6(8(16)13-10(15)17)14(3)9(11)12-7/h5H,4H2,1-3H3,(H2,11,12)(H,13,16,17). The molecule has 0 aliphatic heterocycles. The van der Waals surface area contributed by atoms with E-state index in [0.717, 1.165) is 0 Å². The summed E-state index contributed by atoms with van der Waals surface area (Å²) < 4.78 is 2.92. The molecule has 2 heterocycles. The minimum atomic E-state index is -0.461. The average molecular weight is 237 g/mol. The van der Waals surface area contributed by atoms with Gasteiger partial charge in [-0.1, -0.05) is 13.8 Å². The normalized spacial score (nSPS) is 11.5. The number of imidazole rings is 1. The van der Waals surface area contributed by atoms with Crippen LogP contribution in [0.4, 0.5) is 5.95 Å². The van der Waals surface area contributed by atoms with Gasteiger partial charge in [-0.2, -0.15) is 4.98 Å². The summed E-state index contributed by atoms with van der Waals surface area (Å²) in [5.41, 5.74) is 5.41. The van der Waals surface area contributed by atoms with Crippen molar-refractivity contribution in [2.45, 2.75) is 20.4 Å². The minimum Gasteiger partial charge on any atom is -0.369 e. The number of nitrogens with one attached hydrogen (secondary N) is 1. The van der Waals surface area contributed by atoms with Crippen LogP contribution in [0.2, 0.25) is 0 Å². The maximum atomic E-state index is 11.7. The van der Waals surface area contributed by atoms with E-state index in [2.05, 4.69) is 9.97 Å². The highest BCUT2D eigenvalue weighted by Crippen LogP contribution is 2.11. The first kappa shape index (κ1) is 11.4. The van der Waals surface area contributed by atoms with E-state index in [0.29, 0.717) is 17.7 Å². The summed E-state index contributed by atoms with van der Waals surface area (Å²) >= 11 is 0. The van der Waals surface area contributed by atoms with Crippen LogP contribution in [0.15, 0.2) is 9.59 Å². The number of aromatic nitrogens is 4. The van der Waals surface area contributed by atoms with E-state index >= 15 is 0 Å². The lowest BCUT2D eigenvalue weighted by Crippen LogP contribution is -2.32. The summed E-state index contributed by atoms with van der Waals surface area (Å²) in [6.07, 6.45) is 0. The second-order valence-corrected chi connectivity index (χ2v) is 4.46. The van der Waals surface area contributed by atoms with E-state index in [9.17, 15) is 9.59 Å². The highest BCUT2D eigenvalue weighted by Gasteiger charge is 2.15. The van der Waals surface area contributed by atoms with E-state index in [1.165, 1.54) is 9.13 Å². The van der Waals surface area contributed by atoms with Crippen molar-refractivity contribution in [2.75, 3.05) is 5.73 Å². The lowest BCUT2D eigenvalue weighted by molar-refractivity contribution is 0.513. The third-order valence-electron chi connectivity index (χ3n) is 2.60. The van der Waals surface area contributed by atoms with Crippen molar-refractivity contribution in [3.05, 3.63) is 20.8 Å². The van der Waals surface area contributed by atoms with Gasteiger partial charge in [0.15, 0.2) is 11.2 Å². The number of nitrogen functional groups attached to an aromatic ring is 1. The summed E-state index contributed by atoms with van der Waals surface area (Å²) in [6.45, 7) is 4.45. The van der Waals surface area contributed by atoms with Gasteiger partial charge in [0.1, 0.15) is 0 Å². The number of rotatable bonds is 2. The Kier molecular flexibility index (Phi) is 2.53. The van der Waals surface area contributed by atoms with Crippen molar-refractivity contribution in [1.82, 2.24) is 19.1 Å². The van der Waals surface area contributed by atoms with Gasteiger partial charge >= 0.3 is 5.69 Å². The maximum absolute atomic E-state index is 11.7. The SMILES string of the molecule is CC(C)Cn1c(=O)[nH]c(=O)c2c1nc(N)n2C. The Morgan fingerprint density at radius 2 is 2.06 bits per heavy atom. The minimum absolute atomic E-state index is 0.216. The van der Waals surface area contributed by atoms with Crippen LogP contribution in [0.1, 0.15) is 13.8 Å². The number of anilines is 1. The fourth-order valence-corrected chi connectivity index (χ4v) is 1.80. The van der Waals surface area contributed by atoms with Crippen molar-refractivity contribution in [2.24, 2.45) is 13.0 Å². The number of nitrogens with zero attached hydrogens (tertiary/aromatic N) is 3. The predicted molar refractivity (Wildman–Crippen MR) is 64.8 cm³/mol. The topological polar surface area (TPSA) is 98.7 Å². The van der Waals surface area contributed by atoms with E-state index < -0.39 is 11.2 Å². The predicted octanol–water partition coefficient (Wildman–Crippen LogP) is -0.339. The van der Waals surface area contributed by atoms with E-state index in [4.69, 9.17) is 5.73 Å². The fraction of sp³-hybridized carbons (Fsp3) is 0.500. The largest absolute Gasteiger partial charge is 0.369 e. The Morgan fingerprint density at radius 1 is 1.41 bits per heavy atom. The Labute approximate surface area is 96.9 Å². The molecule has 7 heteroatoms. The second kappa shape index (κ2) is 3.76. The fourth-order valence-electron chi connectivity index (χ4n) is 1.80. The molecule has 0 aliphatic rings. The zero-order valence-electron chi connectivity index (χ0n) is 10.0. The van der Waals surface area contributed by atoms with E-state index in [1.54, 1.807) is 7.05 Å². The smallest absolute Gasteiger partial charge is 0.330 e. The lowest BCUT2D eigenvalue weighted by atomic mass is 10.2. The monoisotopic (exact) mass is 237 g/mol. The Hall–Kier alpha value is -2.05. The van der Waals surface area contributed by atoms with Gasteiger partial charge in [0, 0.05) is 13.6 Å². The molecule has 2 rings (SSSR count). The molecule has 0 atom stereocenters. The quantitative estimate of drug-likeness (QED) is 0.746. The number of hydrogen-bond donors (Lipinski definition) is 2. The molecule has 0 aromatic carbocycles. The molecule has 0 saturated carbocycles. The lowest BCUT2D eigenvalue weighted by Gasteiger charge is -2.08. The van der Waals surface area contributed by atoms with Crippen molar-refractivity contribution in [3.63, 3.8) is 0 Å². The third-order valence-corrected chi connectivity index (χ3v) is 2.60. The molecule has 0 amide bonds. The second-order valence-electron chi connectivity index (χ2n) is 4.46. The molecule has 7 nitrogen and oxygen atoms in total. The summed E-state index contributed by atoms with van der Waals surface area (Å²) in [5.74, 6) is 0.485. The zero-order valence-corrected chi connectivity index (χ0v) is 10.0. The van der Waals surface area contributed by atoms with Crippen LogP contribution in [0.5, 0.6) is 0 Å². The number of fused-ring (bicyclic) bond motifs is 1. The average Bonchev–Trinajstić information content (AvgIpc) is 2.50. The van der Waals surface area contributed by atoms with Gasteiger partial charge in [-0.05, 0) is 5.92 Å².